The Bertz CT molecular complexity index is 418. The number of Topliss-reactive ketones (excluding diaryl/α,β-unsaturated/α-hetero) is 1. The number of esters is 3. The van der Waals surface area contributed by atoms with Crippen molar-refractivity contribution in [3.8, 4) is 0 Å². The molecule has 0 N–H and O–H groups in total. The third kappa shape index (κ3) is 16.6. The molecule has 9 heteroatoms. The molecule has 0 aliphatic heterocycles. The van der Waals surface area contributed by atoms with Gasteiger partial charge in [0.25, 0.3) is 0 Å². The summed E-state index contributed by atoms with van der Waals surface area (Å²) in [7, 11) is 0. The number of hydrogen-bond donors (Lipinski definition) is 0. The van der Waals surface area contributed by atoms with Crippen LogP contribution in [0.4, 0.5) is 0 Å². The maximum absolute atomic E-state index is 11.7. The van der Waals surface area contributed by atoms with Crippen molar-refractivity contribution >= 4 is 23.7 Å². The Hall–Kier alpha value is -2.00. The Balaban J connectivity index is 4.02. The van der Waals surface area contributed by atoms with Crippen molar-refractivity contribution in [2.75, 3.05) is 52.7 Å². The van der Waals surface area contributed by atoms with E-state index in [2.05, 4.69) is 0 Å². The lowest BCUT2D eigenvalue weighted by Crippen LogP contribution is -2.34. The molecule has 0 amide bonds. The first-order valence-electron chi connectivity index (χ1n) is 8.03. The van der Waals surface area contributed by atoms with Crippen molar-refractivity contribution in [1.82, 2.24) is 4.90 Å². The van der Waals surface area contributed by atoms with E-state index in [1.165, 1.54) is 20.8 Å². The van der Waals surface area contributed by atoms with E-state index in [1.54, 1.807) is 0 Å². The van der Waals surface area contributed by atoms with Gasteiger partial charge in [-0.1, -0.05) is 0 Å². The van der Waals surface area contributed by atoms with Crippen LogP contribution < -0.4 is 0 Å². The average Bonchev–Trinajstić information content (AvgIpc) is 2.50. The van der Waals surface area contributed by atoms with Crippen molar-refractivity contribution in [3.05, 3.63) is 0 Å². The van der Waals surface area contributed by atoms with Gasteiger partial charge in [-0.2, -0.15) is 0 Å². The van der Waals surface area contributed by atoms with E-state index >= 15 is 0 Å². The highest BCUT2D eigenvalue weighted by Crippen LogP contribution is 1.96. The lowest BCUT2D eigenvalue weighted by atomic mass is 10.3. The summed E-state index contributed by atoms with van der Waals surface area (Å²) in [6.45, 7) is 5.84. The molecule has 0 aromatic heterocycles. The van der Waals surface area contributed by atoms with Gasteiger partial charge in [0.15, 0.2) is 5.78 Å². The summed E-state index contributed by atoms with van der Waals surface area (Å²) in [5.74, 6) is -1.27. The molecule has 0 heterocycles. The zero-order valence-corrected chi connectivity index (χ0v) is 15.1. The van der Waals surface area contributed by atoms with Gasteiger partial charge in [0.2, 0.25) is 0 Å². The summed E-state index contributed by atoms with van der Waals surface area (Å²) < 4.78 is 19.7. The predicted octanol–water partition coefficient (Wildman–Crippen LogP) is -0.0465. The second kappa shape index (κ2) is 14.4. The lowest BCUT2D eigenvalue weighted by molar-refractivity contribution is -0.147. The molecule has 144 valence electrons. The highest BCUT2D eigenvalue weighted by Gasteiger charge is 2.11. The van der Waals surface area contributed by atoms with Gasteiger partial charge < -0.3 is 18.9 Å². The van der Waals surface area contributed by atoms with Gasteiger partial charge in [0.05, 0.1) is 13.0 Å². The van der Waals surface area contributed by atoms with Gasteiger partial charge in [-0.3, -0.25) is 24.1 Å². The van der Waals surface area contributed by atoms with Crippen LogP contribution in [0.5, 0.6) is 0 Å². The van der Waals surface area contributed by atoms with Crippen LogP contribution in [0.1, 0.15) is 27.2 Å². The van der Waals surface area contributed by atoms with Crippen molar-refractivity contribution in [2.45, 2.75) is 27.2 Å². The Kier molecular flexibility index (Phi) is 13.2. The molecule has 0 atom stereocenters. The minimum Gasteiger partial charge on any atom is -0.465 e. The van der Waals surface area contributed by atoms with Gasteiger partial charge in [0, 0.05) is 33.5 Å². The molecule has 9 nitrogen and oxygen atoms in total. The first-order valence-corrected chi connectivity index (χ1v) is 8.03. The second-order valence-corrected chi connectivity index (χ2v) is 5.25. The summed E-state index contributed by atoms with van der Waals surface area (Å²) in [5, 5.41) is 0. The molecule has 0 saturated heterocycles. The minimum atomic E-state index is -0.406. The number of rotatable bonds is 14. The van der Waals surface area contributed by atoms with Crippen LogP contribution in [0.3, 0.4) is 0 Å². The summed E-state index contributed by atoms with van der Waals surface area (Å²) in [5.41, 5.74) is 0. The molecule has 0 bridgehead atoms. The number of ether oxygens (including phenoxy) is 4. The molecule has 0 aromatic carbocycles. The lowest BCUT2D eigenvalue weighted by Gasteiger charge is -2.21. The summed E-state index contributed by atoms with van der Waals surface area (Å²) in [6.07, 6.45) is 0.132. The van der Waals surface area contributed by atoms with Crippen LogP contribution in [0.15, 0.2) is 0 Å². The molecule has 0 unspecified atom stereocenters. The normalized spacial score (nSPS) is 10.4. The molecule has 0 fully saturated rings. The zero-order valence-electron chi connectivity index (χ0n) is 15.1. The van der Waals surface area contributed by atoms with E-state index in [1.807, 2.05) is 4.90 Å². The fraction of sp³-hybridized carbons (Fsp3) is 0.750. The molecule has 0 aromatic rings. The number of carbonyl (C=O) groups is 4. The van der Waals surface area contributed by atoms with Gasteiger partial charge >= 0.3 is 17.9 Å². The number of hydrogen-bond acceptors (Lipinski definition) is 9. The van der Waals surface area contributed by atoms with E-state index in [9.17, 15) is 19.2 Å². The maximum Gasteiger partial charge on any atom is 0.307 e. The van der Waals surface area contributed by atoms with Crippen molar-refractivity contribution < 1.29 is 38.1 Å². The summed E-state index contributed by atoms with van der Waals surface area (Å²) >= 11 is 0. The quantitative estimate of drug-likeness (QED) is 0.239. The van der Waals surface area contributed by atoms with Gasteiger partial charge in [-0.15, -0.1) is 0 Å². The number of carbonyl (C=O) groups excluding carboxylic acids is 4. The van der Waals surface area contributed by atoms with Crippen molar-refractivity contribution in [1.29, 1.82) is 0 Å². The van der Waals surface area contributed by atoms with Crippen LogP contribution in [0.2, 0.25) is 0 Å². The molecular weight excluding hydrogens is 334 g/mol. The van der Waals surface area contributed by atoms with E-state index in [0.717, 1.165) is 0 Å². The SMILES string of the molecule is CC(=O)COCCOC(=O)CCN(CCOC(C)=O)CCOC(C)=O. The van der Waals surface area contributed by atoms with Gasteiger partial charge in [-0.25, -0.2) is 0 Å². The summed E-state index contributed by atoms with van der Waals surface area (Å²) in [6, 6.07) is 0. The van der Waals surface area contributed by atoms with Crippen molar-refractivity contribution in [3.63, 3.8) is 0 Å². The Morgan fingerprint density at radius 1 is 0.720 bits per heavy atom. The van der Waals surface area contributed by atoms with Crippen LogP contribution >= 0.6 is 0 Å². The topological polar surface area (TPSA) is 108 Å². The number of ketones is 1. The summed E-state index contributed by atoms with van der Waals surface area (Å²) in [4.78, 5) is 45.8. The predicted molar refractivity (Wildman–Crippen MR) is 86.8 cm³/mol. The highest BCUT2D eigenvalue weighted by atomic mass is 16.6. The molecule has 0 rings (SSSR count). The van der Waals surface area contributed by atoms with Crippen LogP contribution in [-0.2, 0) is 38.1 Å². The Morgan fingerprint density at radius 2 is 1.28 bits per heavy atom. The van der Waals surface area contributed by atoms with Crippen LogP contribution in [0, 0.1) is 0 Å². The van der Waals surface area contributed by atoms with Gasteiger partial charge in [0.1, 0.15) is 26.4 Å². The zero-order chi connectivity index (χ0) is 19.1. The second-order valence-electron chi connectivity index (χ2n) is 5.25. The largest absolute Gasteiger partial charge is 0.465 e. The molecule has 0 spiro atoms. The first kappa shape index (κ1) is 23.0. The average molecular weight is 361 g/mol. The third-order valence-corrected chi connectivity index (χ3v) is 2.85. The fourth-order valence-electron chi connectivity index (χ4n) is 1.72. The molecule has 25 heavy (non-hydrogen) atoms. The van der Waals surface area contributed by atoms with Crippen LogP contribution in [-0.4, -0.2) is 81.3 Å². The van der Waals surface area contributed by atoms with Gasteiger partial charge in [-0.05, 0) is 6.92 Å². The molecular formula is C16H27NO8. The van der Waals surface area contributed by atoms with E-state index in [4.69, 9.17) is 18.9 Å². The standard InChI is InChI=1S/C16H27NO8/c1-13(18)12-22-10-11-25-16(21)4-5-17(6-8-23-14(2)19)7-9-24-15(3)20/h4-12H2,1-3H3. The molecule has 0 saturated carbocycles. The fourth-order valence-corrected chi connectivity index (χ4v) is 1.72. The third-order valence-electron chi connectivity index (χ3n) is 2.85. The van der Waals surface area contributed by atoms with E-state index in [-0.39, 0.29) is 57.2 Å². The molecule has 0 aliphatic carbocycles. The first-order chi connectivity index (χ1) is 11.8. The smallest absolute Gasteiger partial charge is 0.307 e. The monoisotopic (exact) mass is 361 g/mol. The Morgan fingerprint density at radius 3 is 1.76 bits per heavy atom. The van der Waals surface area contributed by atoms with Crippen molar-refractivity contribution in [2.24, 2.45) is 0 Å². The maximum atomic E-state index is 11.7. The van der Waals surface area contributed by atoms with E-state index < -0.39 is 5.97 Å². The van der Waals surface area contributed by atoms with E-state index in [0.29, 0.717) is 19.6 Å². The molecule has 0 aliphatic rings. The van der Waals surface area contributed by atoms with Crippen LogP contribution in [0.25, 0.3) is 0 Å². The number of nitrogens with zero attached hydrogens (tertiary/aromatic N) is 1. The minimum absolute atomic E-state index is 0.00236. The highest BCUT2D eigenvalue weighted by molar-refractivity contribution is 5.76. The Labute approximate surface area is 147 Å². The molecule has 0 radical (unpaired) electrons.